The molecule has 0 heterocycles. The predicted octanol–water partition coefficient (Wildman–Crippen LogP) is -18.5. The van der Waals surface area contributed by atoms with Crippen LogP contribution in [0, 0.1) is 0 Å². The van der Waals surface area contributed by atoms with Gasteiger partial charge in [-0.2, -0.15) is 0 Å². The van der Waals surface area contributed by atoms with Crippen molar-refractivity contribution >= 4 is 45.5 Å². The van der Waals surface area contributed by atoms with Gasteiger partial charge in [-0.1, -0.05) is 0 Å². The van der Waals surface area contributed by atoms with Crippen LogP contribution in [0.3, 0.4) is 0 Å². The molecule has 0 rings (SSSR count). The Bertz CT molecular complexity index is 29.1. The summed E-state index contributed by atoms with van der Waals surface area (Å²) in [4.78, 5) is 0. The molecule has 0 aromatic rings. The van der Waals surface area contributed by atoms with E-state index in [1.54, 1.807) is 0 Å². The molecular formula is H12I2O12Sr. The molecule has 0 bridgehead atoms. The van der Waals surface area contributed by atoms with Crippen LogP contribution >= 0.6 is 0 Å². The Kier molecular flexibility index (Phi) is 242. The van der Waals surface area contributed by atoms with Crippen molar-refractivity contribution in [2.75, 3.05) is 0 Å². The van der Waals surface area contributed by atoms with E-state index < -0.39 is 42.1 Å². The van der Waals surface area contributed by atoms with E-state index in [-0.39, 0.29) is 78.3 Å². The molecule has 0 saturated heterocycles. The summed E-state index contributed by atoms with van der Waals surface area (Å²) in [5, 5.41) is 0. The van der Waals surface area contributed by atoms with Crippen LogP contribution in [0.1, 0.15) is 0 Å². The summed E-state index contributed by atoms with van der Waals surface area (Å²) in [6.45, 7) is 0. The van der Waals surface area contributed by atoms with Crippen LogP contribution in [0.4, 0.5) is 0 Å². The van der Waals surface area contributed by atoms with Gasteiger partial charge in [0.2, 0.25) is 0 Å². The van der Waals surface area contributed by atoms with Crippen molar-refractivity contribution < 1.29 is 95.6 Å². The monoisotopic (exact) mass is 546 g/mol. The Labute approximate surface area is 139 Å². The average Bonchev–Trinajstić information content (AvgIpc) is 1.25. The molecule has 12 N–H and O–H groups in total. The van der Waals surface area contributed by atoms with Crippen molar-refractivity contribution in [3.63, 3.8) is 0 Å². The molecule has 0 aliphatic rings. The number of hydrogen-bond acceptors (Lipinski definition) is 6. The number of hydrogen-bond donors (Lipinski definition) is 0. The molecule has 0 aliphatic heterocycles. The van der Waals surface area contributed by atoms with Crippen molar-refractivity contribution in [1.29, 1.82) is 0 Å². The summed E-state index contributed by atoms with van der Waals surface area (Å²) >= 11 is -8.03. The zero-order valence-electron chi connectivity index (χ0n) is 6.91. The van der Waals surface area contributed by atoms with Crippen LogP contribution in [-0.2, 0) is 0 Å². The molecule has 0 atom stereocenters. The summed E-state index contributed by atoms with van der Waals surface area (Å²) in [7, 11) is 0. The normalized spacial score (nSPS) is 4.80. The molecule has 100 valence electrons. The standard InChI is InChI=1S/2IO3.6H2O.Sr/c2*2-1(3)4;;;;;;;/h;;6*1H2;/q2*-1;;;;;;;+2. The Hall–Kier alpha value is 2.46. The second-order valence-corrected chi connectivity index (χ2v) is 2.54. The molecule has 0 aromatic heterocycles. The third kappa shape index (κ3) is 569. The van der Waals surface area contributed by atoms with E-state index in [2.05, 4.69) is 0 Å². The predicted molar refractivity (Wildman–Crippen MR) is 27.4 cm³/mol. The van der Waals surface area contributed by atoms with E-state index in [4.69, 9.17) is 20.6 Å². The zero-order chi connectivity index (χ0) is 7.15. The summed E-state index contributed by atoms with van der Waals surface area (Å²) in [5.74, 6) is 0. The van der Waals surface area contributed by atoms with Crippen LogP contribution in [0.25, 0.3) is 0 Å². The maximum Gasteiger partial charge on any atom is 2.00 e. The summed E-state index contributed by atoms with van der Waals surface area (Å²) < 4.78 is 51.4. The van der Waals surface area contributed by atoms with E-state index in [1.165, 1.54) is 0 Å². The van der Waals surface area contributed by atoms with E-state index in [9.17, 15) is 0 Å². The minimum absolute atomic E-state index is 0. The van der Waals surface area contributed by atoms with Gasteiger partial charge < -0.3 is 53.5 Å². The average molecular weight is 546 g/mol. The van der Waals surface area contributed by atoms with Crippen LogP contribution in [-0.4, -0.2) is 78.3 Å². The Morgan fingerprint density at radius 3 is 0.400 bits per heavy atom. The van der Waals surface area contributed by atoms with Crippen LogP contribution in [0.15, 0.2) is 0 Å². The molecule has 15 heavy (non-hydrogen) atoms. The van der Waals surface area contributed by atoms with Crippen molar-refractivity contribution in [2.24, 2.45) is 0 Å². The molecule has 0 unspecified atom stereocenters. The molecule has 0 aliphatic carbocycles. The maximum absolute atomic E-state index is 8.57. The first-order valence-corrected chi connectivity index (χ1v) is 6.21. The molecule has 0 radical (unpaired) electrons. The molecule has 15 heteroatoms. The summed E-state index contributed by atoms with van der Waals surface area (Å²) in [5.41, 5.74) is 0. The second kappa shape index (κ2) is 55.0. The fraction of sp³-hybridized carbons (Fsp3) is 0. The van der Waals surface area contributed by atoms with Crippen molar-refractivity contribution in [3.8, 4) is 0 Å². The molecule has 12 nitrogen and oxygen atoms in total. The summed E-state index contributed by atoms with van der Waals surface area (Å²) in [6.07, 6.45) is 0. The van der Waals surface area contributed by atoms with Gasteiger partial charge in [0.1, 0.15) is 0 Å². The van der Waals surface area contributed by atoms with Crippen LogP contribution in [0.5, 0.6) is 0 Å². The summed E-state index contributed by atoms with van der Waals surface area (Å²) in [6, 6.07) is 0. The van der Waals surface area contributed by atoms with Crippen molar-refractivity contribution in [1.82, 2.24) is 0 Å². The molecule has 0 amide bonds. The molecule has 0 fully saturated rings. The Balaban J connectivity index is -0.00000000468. The maximum atomic E-state index is 8.57. The van der Waals surface area contributed by atoms with Gasteiger partial charge in [-0.05, 0) is 0 Å². The topological polar surface area (TPSA) is 327 Å². The van der Waals surface area contributed by atoms with Gasteiger partial charge >= 0.3 is 45.5 Å². The van der Waals surface area contributed by atoms with E-state index in [0.29, 0.717) is 0 Å². The van der Waals surface area contributed by atoms with Gasteiger partial charge in [0.05, 0.1) is 0 Å². The number of halogens is 2. The molecule has 0 saturated carbocycles. The van der Waals surface area contributed by atoms with Crippen LogP contribution in [0.2, 0.25) is 0 Å². The van der Waals surface area contributed by atoms with E-state index >= 15 is 0 Å². The minimum atomic E-state index is -4.01. The van der Waals surface area contributed by atoms with Gasteiger partial charge in [-0.25, -0.2) is 0 Å². The van der Waals surface area contributed by atoms with Crippen molar-refractivity contribution in [3.05, 3.63) is 0 Å². The SMILES string of the molecule is O.O.O.O.O.O.[O-][I+2]([O-])[O-].[O-][I+2]([O-])[O-].[Sr+2]. The third-order valence-electron chi connectivity index (χ3n) is 0. The Morgan fingerprint density at radius 1 is 0.400 bits per heavy atom. The minimum Gasteiger partial charge on any atom is -0.427 e. The molecule has 0 aromatic carbocycles. The first-order chi connectivity index (χ1) is 3.46. The van der Waals surface area contributed by atoms with Gasteiger partial charge in [-0.15, -0.1) is 0 Å². The Morgan fingerprint density at radius 2 is 0.400 bits per heavy atom. The largest absolute Gasteiger partial charge is 2.00 e. The van der Waals surface area contributed by atoms with Gasteiger partial charge in [0.25, 0.3) is 42.1 Å². The molecule has 0 spiro atoms. The number of rotatable bonds is 0. The van der Waals surface area contributed by atoms with Gasteiger partial charge in [0, 0.05) is 0 Å². The second-order valence-electron chi connectivity index (χ2n) is 0.378. The van der Waals surface area contributed by atoms with Crippen LogP contribution < -0.4 is 62.7 Å². The zero-order valence-corrected chi connectivity index (χ0v) is 14.7. The van der Waals surface area contributed by atoms with Gasteiger partial charge in [-0.3, -0.25) is 0 Å². The first-order valence-electron chi connectivity index (χ1n) is 0.926. The quantitative estimate of drug-likeness (QED) is 0.210. The van der Waals surface area contributed by atoms with Gasteiger partial charge in [0.15, 0.2) is 0 Å². The third-order valence-corrected chi connectivity index (χ3v) is 0. The van der Waals surface area contributed by atoms with E-state index in [0.717, 1.165) is 0 Å². The van der Waals surface area contributed by atoms with Crippen molar-refractivity contribution in [2.45, 2.75) is 0 Å². The fourth-order valence-corrected chi connectivity index (χ4v) is 0. The fourth-order valence-electron chi connectivity index (χ4n) is 0. The smallest absolute Gasteiger partial charge is 0.427 e. The van der Waals surface area contributed by atoms with E-state index in [1.807, 2.05) is 0 Å². The molecular weight excluding hydrogens is 533 g/mol. The first kappa shape index (κ1) is 66.1.